The lowest BCUT2D eigenvalue weighted by molar-refractivity contribution is 0.103. The van der Waals surface area contributed by atoms with E-state index in [9.17, 15) is 4.79 Å². The van der Waals surface area contributed by atoms with Gasteiger partial charge in [0.1, 0.15) is 22.8 Å². The van der Waals surface area contributed by atoms with Crippen molar-refractivity contribution in [3.05, 3.63) is 53.1 Å². The fourth-order valence-corrected chi connectivity index (χ4v) is 2.15. The Morgan fingerprint density at radius 3 is 1.81 bits per heavy atom. The van der Waals surface area contributed by atoms with E-state index in [0.29, 0.717) is 28.4 Å². The summed E-state index contributed by atoms with van der Waals surface area (Å²) in [6.45, 7) is 1.92. The highest BCUT2D eigenvalue weighted by Gasteiger charge is 2.20. The van der Waals surface area contributed by atoms with Gasteiger partial charge in [-0.1, -0.05) is 0 Å². The molecule has 0 amide bonds. The van der Waals surface area contributed by atoms with Gasteiger partial charge in [-0.05, 0) is 48.9 Å². The molecule has 0 aliphatic rings. The molecule has 0 aliphatic carbocycles. The van der Waals surface area contributed by atoms with Crippen LogP contribution in [0, 0.1) is 6.92 Å². The summed E-state index contributed by atoms with van der Waals surface area (Å²) in [6.07, 6.45) is 0. The first-order valence-corrected chi connectivity index (χ1v) is 6.52. The number of rotatable bonds is 5. The maximum absolute atomic E-state index is 12.7. The van der Waals surface area contributed by atoms with Gasteiger partial charge < -0.3 is 14.2 Å². The van der Waals surface area contributed by atoms with Crippen molar-refractivity contribution in [1.29, 1.82) is 0 Å². The third-order valence-electron chi connectivity index (χ3n) is 3.23. The largest absolute Gasteiger partial charge is 0.497 e. The Hall–Kier alpha value is -2.49. The highest BCUT2D eigenvalue weighted by Crippen LogP contribution is 2.32. The number of ketones is 1. The molecule has 0 heterocycles. The fraction of sp³-hybridized carbons (Fsp3) is 0.235. The molecule has 2 aromatic carbocycles. The van der Waals surface area contributed by atoms with Crippen LogP contribution in [0.2, 0.25) is 0 Å². The van der Waals surface area contributed by atoms with Gasteiger partial charge in [0.15, 0.2) is 0 Å². The van der Waals surface area contributed by atoms with Crippen molar-refractivity contribution in [2.75, 3.05) is 21.3 Å². The quantitative estimate of drug-likeness (QED) is 0.791. The second-order valence-electron chi connectivity index (χ2n) is 4.60. The summed E-state index contributed by atoms with van der Waals surface area (Å²) in [5, 5.41) is 0. The lowest BCUT2D eigenvalue weighted by Crippen LogP contribution is -2.07. The Balaban J connectivity index is 2.50. The van der Waals surface area contributed by atoms with Gasteiger partial charge in [-0.3, -0.25) is 4.79 Å². The van der Waals surface area contributed by atoms with E-state index in [0.717, 1.165) is 5.56 Å². The van der Waals surface area contributed by atoms with Gasteiger partial charge in [-0.2, -0.15) is 0 Å². The van der Waals surface area contributed by atoms with Crippen LogP contribution in [-0.4, -0.2) is 27.1 Å². The standard InChI is InChI=1S/C17H18O4/c1-11-9-14(20-3)16(15(10-11)21-4)17(18)12-5-7-13(19-2)8-6-12/h5-10H,1-4H3. The summed E-state index contributed by atoms with van der Waals surface area (Å²) in [5.74, 6) is 1.57. The summed E-state index contributed by atoms with van der Waals surface area (Å²) in [5.41, 5.74) is 1.95. The molecule has 0 atom stereocenters. The second-order valence-corrected chi connectivity index (χ2v) is 4.60. The van der Waals surface area contributed by atoms with Gasteiger partial charge in [-0.15, -0.1) is 0 Å². The zero-order valence-corrected chi connectivity index (χ0v) is 12.6. The van der Waals surface area contributed by atoms with E-state index in [-0.39, 0.29) is 5.78 Å². The van der Waals surface area contributed by atoms with E-state index in [1.165, 1.54) is 0 Å². The number of aryl methyl sites for hydroxylation is 1. The van der Waals surface area contributed by atoms with Crippen LogP contribution in [0.4, 0.5) is 0 Å². The monoisotopic (exact) mass is 286 g/mol. The number of benzene rings is 2. The molecule has 21 heavy (non-hydrogen) atoms. The van der Waals surface area contributed by atoms with Crippen LogP contribution >= 0.6 is 0 Å². The minimum absolute atomic E-state index is 0.147. The molecule has 4 nitrogen and oxygen atoms in total. The van der Waals surface area contributed by atoms with Crippen molar-refractivity contribution in [3.63, 3.8) is 0 Å². The molecule has 2 rings (SSSR count). The Kier molecular flexibility index (Phi) is 4.48. The van der Waals surface area contributed by atoms with E-state index < -0.39 is 0 Å². The maximum Gasteiger partial charge on any atom is 0.200 e. The lowest BCUT2D eigenvalue weighted by atomic mass is 9.99. The van der Waals surface area contributed by atoms with E-state index in [1.54, 1.807) is 45.6 Å². The molecule has 0 aliphatic heterocycles. The van der Waals surface area contributed by atoms with Gasteiger partial charge in [0, 0.05) is 5.56 Å². The minimum Gasteiger partial charge on any atom is -0.497 e. The molecule has 4 heteroatoms. The molecule has 110 valence electrons. The van der Waals surface area contributed by atoms with Gasteiger partial charge in [0.05, 0.1) is 21.3 Å². The van der Waals surface area contributed by atoms with Crippen molar-refractivity contribution >= 4 is 5.78 Å². The summed E-state index contributed by atoms with van der Waals surface area (Å²) in [7, 11) is 4.67. The summed E-state index contributed by atoms with van der Waals surface area (Å²) < 4.78 is 15.8. The van der Waals surface area contributed by atoms with E-state index in [1.807, 2.05) is 19.1 Å². The average Bonchev–Trinajstić information content (AvgIpc) is 2.53. The highest BCUT2D eigenvalue weighted by atomic mass is 16.5. The zero-order valence-electron chi connectivity index (χ0n) is 12.6. The van der Waals surface area contributed by atoms with Crippen LogP contribution in [-0.2, 0) is 0 Å². The number of hydrogen-bond donors (Lipinski definition) is 0. The maximum atomic E-state index is 12.7. The molecule has 0 radical (unpaired) electrons. The molecule has 0 N–H and O–H groups in total. The van der Waals surface area contributed by atoms with Gasteiger partial charge in [0.2, 0.25) is 5.78 Å². The topological polar surface area (TPSA) is 44.8 Å². The SMILES string of the molecule is COc1ccc(C(=O)c2c(OC)cc(C)cc2OC)cc1. The first-order chi connectivity index (χ1) is 10.1. The molecule has 0 saturated heterocycles. The fourth-order valence-electron chi connectivity index (χ4n) is 2.15. The van der Waals surface area contributed by atoms with Crippen LogP contribution < -0.4 is 14.2 Å². The molecular weight excluding hydrogens is 268 g/mol. The molecule has 0 fully saturated rings. The van der Waals surface area contributed by atoms with Crippen molar-refractivity contribution in [2.24, 2.45) is 0 Å². The van der Waals surface area contributed by atoms with Crippen LogP contribution in [0.1, 0.15) is 21.5 Å². The van der Waals surface area contributed by atoms with Crippen LogP contribution in [0.25, 0.3) is 0 Å². The minimum atomic E-state index is -0.147. The average molecular weight is 286 g/mol. The Bertz CT molecular complexity index is 619. The van der Waals surface area contributed by atoms with Crippen molar-refractivity contribution in [2.45, 2.75) is 6.92 Å². The zero-order chi connectivity index (χ0) is 15.4. The van der Waals surface area contributed by atoms with Crippen LogP contribution in [0.5, 0.6) is 17.2 Å². The number of methoxy groups -OCH3 is 3. The van der Waals surface area contributed by atoms with Crippen LogP contribution in [0.3, 0.4) is 0 Å². The number of hydrogen-bond acceptors (Lipinski definition) is 4. The lowest BCUT2D eigenvalue weighted by Gasteiger charge is -2.13. The smallest absolute Gasteiger partial charge is 0.200 e. The van der Waals surface area contributed by atoms with Gasteiger partial charge in [-0.25, -0.2) is 0 Å². The number of carbonyl (C=O) groups excluding carboxylic acids is 1. The van der Waals surface area contributed by atoms with Crippen molar-refractivity contribution in [3.8, 4) is 17.2 Å². The van der Waals surface area contributed by atoms with Crippen molar-refractivity contribution < 1.29 is 19.0 Å². The van der Waals surface area contributed by atoms with Crippen LogP contribution in [0.15, 0.2) is 36.4 Å². The third-order valence-corrected chi connectivity index (χ3v) is 3.23. The second kappa shape index (κ2) is 6.31. The summed E-state index contributed by atoms with van der Waals surface area (Å²) in [6, 6.07) is 10.6. The van der Waals surface area contributed by atoms with E-state index >= 15 is 0 Å². The molecule has 2 aromatic rings. The van der Waals surface area contributed by atoms with E-state index in [4.69, 9.17) is 14.2 Å². The molecule has 0 spiro atoms. The van der Waals surface area contributed by atoms with Crippen molar-refractivity contribution in [1.82, 2.24) is 0 Å². The summed E-state index contributed by atoms with van der Waals surface area (Å²) in [4.78, 5) is 12.7. The molecule has 0 aromatic heterocycles. The Morgan fingerprint density at radius 1 is 0.857 bits per heavy atom. The molecule has 0 unspecified atom stereocenters. The highest BCUT2D eigenvalue weighted by molar-refractivity contribution is 6.12. The predicted molar refractivity (Wildman–Crippen MR) is 80.7 cm³/mol. The Morgan fingerprint density at radius 2 is 1.38 bits per heavy atom. The third kappa shape index (κ3) is 2.99. The van der Waals surface area contributed by atoms with E-state index in [2.05, 4.69) is 0 Å². The van der Waals surface area contributed by atoms with Gasteiger partial charge in [0.25, 0.3) is 0 Å². The Labute approximate surface area is 124 Å². The molecule has 0 saturated carbocycles. The number of ether oxygens (including phenoxy) is 3. The van der Waals surface area contributed by atoms with Gasteiger partial charge >= 0.3 is 0 Å². The summed E-state index contributed by atoms with van der Waals surface area (Å²) >= 11 is 0. The predicted octanol–water partition coefficient (Wildman–Crippen LogP) is 3.25. The molecular formula is C17H18O4. The molecule has 0 bridgehead atoms. The first kappa shape index (κ1) is 14.9. The first-order valence-electron chi connectivity index (χ1n) is 6.52. The number of carbonyl (C=O) groups is 1. The normalized spacial score (nSPS) is 10.1.